The highest BCUT2D eigenvalue weighted by molar-refractivity contribution is 5.80. The third kappa shape index (κ3) is 3.08. The van der Waals surface area contributed by atoms with E-state index in [9.17, 15) is 15.1 Å². The number of likely N-dealkylation sites (N-methyl/N-ethyl adjacent to an activating group) is 1. The van der Waals surface area contributed by atoms with E-state index in [2.05, 4.69) is 0 Å². The highest BCUT2D eigenvalue weighted by atomic mass is 16.5. The molecule has 19 heavy (non-hydrogen) atoms. The van der Waals surface area contributed by atoms with Gasteiger partial charge in [0.1, 0.15) is 0 Å². The van der Waals surface area contributed by atoms with Gasteiger partial charge in [0.15, 0.2) is 0 Å². The fraction of sp³-hybridized carbons (Fsp3) is 0.923. The first-order valence-corrected chi connectivity index (χ1v) is 6.55. The van der Waals surface area contributed by atoms with E-state index in [4.69, 9.17) is 5.11 Å². The zero-order valence-electron chi connectivity index (χ0n) is 12.4. The Morgan fingerprint density at radius 3 is 2.32 bits per heavy atom. The van der Waals surface area contributed by atoms with Crippen molar-refractivity contribution in [1.29, 1.82) is 0 Å². The maximum Gasteiger partial charge on any atom is 0.227 e. The third-order valence-electron chi connectivity index (χ3n) is 4.00. The first-order chi connectivity index (χ1) is 8.54. The molecule has 1 aliphatic heterocycles. The van der Waals surface area contributed by atoms with E-state index >= 15 is 0 Å². The number of rotatable bonds is 4. The minimum Gasteiger partial charge on any atom is -0.394 e. The second-order valence-electron chi connectivity index (χ2n) is 6.57. The van der Waals surface area contributed by atoms with Gasteiger partial charge in [-0.15, -0.1) is 10.3 Å². The van der Waals surface area contributed by atoms with Crippen LogP contribution in [0, 0.1) is 5.92 Å². The number of nitrogens with zero attached hydrogens (tertiary/aromatic N) is 2. The molecular formula is C13H25N2O4. The molecule has 6 heteroatoms. The minimum atomic E-state index is -0.949. The molecule has 111 valence electrons. The Hall–Kier alpha value is -0.690. The molecule has 2 N–H and O–H groups in total. The minimum absolute atomic E-state index is 0.0706. The first kappa shape index (κ1) is 16.4. The lowest BCUT2D eigenvalue weighted by molar-refractivity contribution is -0.248. The van der Waals surface area contributed by atoms with E-state index < -0.39 is 23.1 Å². The molecule has 1 radical (unpaired) electrons. The summed E-state index contributed by atoms with van der Waals surface area (Å²) in [5.74, 6) is -0.570. The van der Waals surface area contributed by atoms with Crippen molar-refractivity contribution >= 4 is 5.91 Å². The number of hydrogen-bond donors (Lipinski definition) is 2. The van der Waals surface area contributed by atoms with Gasteiger partial charge in [0.05, 0.1) is 24.2 Å². The summed E-state index contributed by atoms with van der Waals surface area (Å²) in [6.07, 6.45) is -0.461. The molecule has 1 saturated heterocycles. The zero-order chi connectivity index (χ0) is 15.0. The molecule has 0 aromatic rings. The van der Waals surface area contributed by atoms with Crippen LogP contribution in [0.2, 0.25) is 0 Å². The topological polar surface area (TPSA) is 83.9 Å². The lowest BCUT2D eigenvalue weighted by Gasteiger charge is -2.34. The lowest BCUT2D eigenvalue weighted by Crippen LogP contribution is -2.50. The van der Waals surface area contributed by atoms with E-state index in [1.165, 1.54) is 4.90 Å². The molecule has 0 spiro atoms. The fourth-order valence-corrected chi connectivity index (χ4v) is 2.87. The summed E-state index contributed by atoms with van der Waals surface area (Å²) in [6, 6.07) is 0. The van der Waals surface area contributed by atoms with Crippen molar-refractivity contribution in [3.8, 4) is 0 Å². The number of aliphatic hydroxyl groups is 2. The van der Waals surface area contributed by atoms with E-state index in [0.29, 0.717) is 6.42 Å². The van der Waals surface area contributed by atoms with Crippen molar-refractivity contribution in [2.75, 3.05) is 20.2 Å². The molecule has 1 fully saturated rings. The normalized spacial score (nSPS) is 27.3. The summed E-state index contributed by atoms with van der Waals surface area (Å²) in [4.78, 5) is 13.8. The van der Waals surface area contributed by atoms with Gasteiger partial charge >= 0.3 is 0 Å². The predicted octanol–water partition coefficient (Wildman–Crippen LogP) is 0.0226. The Morgan fingerprint density at radius 1 is 1.42 bits per heavy atom. The quantitative estimate of drug-likeness (QED) is 0.756. The molecule has 2 unspecified atom stereocenters. The maximum absolute atomic E-state index is 12.4. The van der Waals surface area contributed by atoms with Crippen molar-refractivity contribution in [3.63, 3.8) is 0 Å². The number of carbonyl (C=O) groups is 1. The predicted molar refractivity (Wildman–Crippen MR) is 69.5 cm³/mol. The van der Waals surface area contributed by atoms with Crippen LogP contribution in [0.4, 0.5) is 0 Å². The van der Waals surface area contributed by atoms with Gasteiger partial charge < -0.3 is 15.1 Å². The van der Waals surface area contributed by atoms with Gasteiger partial charge in [-0.25, -0.2) is 0 Å². The van der Waals surface area contributed by atoms with Crippen molar-refractivity contribution in [3.05, 3.63) is 0 Å². The Morgan fingerprint density at radius 2 is 1.95 bits per heavy atom. The van der Waals surface area contributed by atoms with Gasteiger partial charge in [0.25, 0.3) is 0 Å². The number of aliphatic hydroxyl groups excluding tert-OH is 2. The summed E-state index contributed by atoms with van der Waals surface area (Å²) in [5, 5.41) is 31.4. The average molecular weight is 273 g/mol. The van der Waals surface area contributed by atoms with Gasteiger partial charge in [-0.2, -0.15) is 0 Å². The van der Waals surface area contributed by atoms with Crippen LogP contribution in [-0.2, 0) is 10.0 Å². The summed E-state index contributed by atoms with van der Waals surface area (Å²) in [7, 11) is 1.58. The molecular weight excluding hydrogens is 248 g/mol. The van der Waals surface area contributed by atoms with Gasteiger partial charge in [0.2, 0.25) is 5.91 Å². The van der Waals surface area contributed by atoms with Crippen molar-refractivity contribution in [2.45, 2.75) is 51.3 Å². The van der Waals surface area contributed by atoms with Crippen LogP contribution in [0.15, 0.2) is 0 Å². The molecule has 2 atom stereocenters. The van der Waals surface area contributed by atoms with Crippen molar-refractivity contribution in [1.82, 2.24) is 9.96 Å². The van der Waals surface area contributed by atoms with E-state index in [1.54, 1.807) is 20.9 Å². The lowest BCUT2D eigenvalue weighted by atomic mass is 9.86. The second-order valence-corrected chi connectivity index (χ2v) is 6.57. The van der Waals surface area contributed by atoms with Gasteiger partial charge in [-0.3, -0.25) is 4.79 Å². The summed E-state index contributed by atoms with van der Waals surface area (Å²) >= 11 is 0. The SMILES string of the molecule is CN(CC(O)CO)C(=O)C1CC(C)(C)N([O])C1(C)C. The van der Waals surface area contributed by atoms with Crippen molar-refractivity contribution in [2.24, 2.45) is 5.92 Å². The van der Waals surface area contributed by atoms with Crippen LogP contribution in [-0.4, -0.2) is 63.5 Å². The average Bonchev–Trinajstić information content (AvgIpc) is 2.48. The highest BCUT2D eigenvalue weighted by Gasteiger charge is 2.55. The molecule has 1 rings (SSSR count). The van der Waals surface area contributed by atoms with Gasteiger partial charge in [-0.1, -0.05) is 0 Å². The first-order valence-electron chi connectivity index (χ1n) is 6.55. The molecule has 0 aromatic heterocycles. The third-order valence-corrected chi connectivity index (χ3v) is 4.00. The van der Waals surface area contributed by atoms with E-state index in [0.717, 1.165) is 5.06 Å². The van der Waals surface area contributed by atoms with E-state index in [-0.39, 0.29) is 19.1 Å². The summed E-state index contributed by atoms with van der Waals surface area (Å²) in [6.45, 7) is 6.89. The number of amides is 1. The second kappa shape index (κ2) is 5.36. The molecule has 0 bridgehead atoms. The molecule has 0 aromatic carbocycles. The molecule has 0 aliphatic carbocycles. The fourth-order valence-electron chi connectivity index (χ4n) is 2.87. The van der Waals surface area contributed by atoms with Crippen LogP contribution in [0.3, 0.4) is 0 Å². The molecule has 0 saturated carbocycles. The van der Waals surface area contributed by atoms with Gasteiger partial charge in [0, 0.05) is 19.1 Å². The van der Waals surface area contributed by atoms with Crippen LogP contribution in [0.5, 0.6) is 0 Å². The van der Waals surface area contributed by atoms with Crippen LogP contribution in [0.25, 0.3) is 0 Å². The Labute approximate surface area is 114 Å². The summed E-state index contributed by atoms with van der Waals surface area (Å²) in [5.41, 5.74) is -1.33. The Bertz CT molecular complexity index is 344. The number of carbonyl (C=O) groups excluding carboxylic acids is 1. The Balaban J connectivity index is 2.83. The monoisotopic (exact) mass is 273 g/mol. The smallest absolute Gasteiger partial charge is 0.227 e. The summed E-state index contributed by atoms with van der Waals surface area (Å²) < 4.78 is 0. The molecule has 1 heterocycles. The standard InChI is InChI=1S/C13H25N2O4/c1-12(2)6-10(13(3,4)15(12)19)11(18)14(5)7-9(17)8-16/h9-10,16-17H,6-8H2,1-5H3. The van der Waals surface area contributed by atoms with Gasteiger partial charge in [-0.05, 0) is 34.1 Å². The maximum atomic E-state index is 12.4. The van der Waals surface area contributed by atoms with E-state index in [1.807, 2.05) is 13.8 Å². The largest absolute Gasteiger partial charge is 0.394 e. The van der Waals surface area contributed by atoms with Crippen LogP contribution >= 0.6 is 0 Å². The molecule has 1 aliphatic rings. The zero-order valence-corrected chi connectivity index (χ0v) is 12.4. The molecule has 1 amide bonds. The highest BCUT2D eigenvalue weighted by Crippen LogP contribution is 2.44. The number of hydrogen-bond acceptors (Lipinski definition) is 4. The van der Waals surface area contributed by atoms with Crippen LogP contribution in [0.1, 0.15) is 34.1 Å². The van der Waals surface area contributed by atoms with Crippen molar-refractivity contribution < 1.29 is 20.2 Å². The van der Waals surface area contributed by atoms with Crippen LogP contribution < -0.4 is 0 Å². The number of hydroxylamine groups is 2. The Kier molecular flexibility index (Phi) is 4.62. The molecule has 6 nitrogen and oxygen atoms in total.